The fourth-order valence-electron chi connectivity index (χ4n) is 2.87. The highest BCUT2D eigenvalue weighted by atomic mass is 16.6. The molecule has 1 atom stereocenters. The zero-order chi connectivity index (χ0) is 20.8. The number of hydrogen-bond acceptors (Lipinski definition) is 5. The number of hydrogen-bond donors (Lipinski definition) is 1. The zero-order valence-electron chi connectivity index (χ0n) is 16.3. The minimum atomic E-state index is -1.28. The number of nitrogens with zero attached hydrogens (tertiary/aromatic N) is 1. The molecule has 1 N–H and O–H groups in total. The van der Waals surface area contributed by atoms with Crippen LogP contribution in [0.3, 0.4) is 0 Å². The fourth-order valence-corrected chi connectivity index (χ4v) is 2.87. The van der Waals surface area contributed by atoms with Crippen LogP contribution < -0.4 is 5.32 Å². The van der Waals surface area contributed by atoms with Gasteiger partial charge in [-0.25, -0.2) is 4.79 Å². The zero-order valence-corrected chi connectivity index (χ0v) is 16.3. The van der Waals surface area contributed by atoms with Crippen molar-refractivity contribution in [1.29, 1.82) is 0 Å². The molecule has 146 valence electrons. The minimum absolute atomic E-state index is 0.0569. The molecule has 28 heavy (non-hydrogen) atoms. The Bertz CT molecular complexity index is 864. The van der Waals surface area contributed by atoms with E-state index in [1.807, 2.05) is 30.3 Å². The summed E-state index contributed by atoms with van der Waals surface area (Å²) in [6.07, 6.45) is 5.72. The molecule has 0 bridgehead atoms. The molecule has 0 spiro atoms. The van der Waals surface area contributed by atoms with Gasteiger partial charge in [-0.1, -0.05) is 36.3 Å². The molecule has 0 aliphatic heterocycles. The molecule has 0 fully saturated rings. The molecule has 2 aromatic carbocycles. The van der Waals surface area contributed by atoms with Gasteiger partial charge in [0.25, 0.3) is 5.69 Å². The van der Waals surface area contributed by atoms with Crippen molar-refractivity contribution in [1.82, 2.24) is 5.32 Å². The van der Waals surface area contributed by atoms with Gasteiger partial charge in [0.15, 0.2) is 0 Å². The SMILES string of the molecule is C#CCN[C@@](Cc1ccccc1)(C(=O)OC(C)(C)C)c1ccc([N+](=O)[O-])cc1. The highest BCUT2D eigenvalue weighted by Gasteiger charge is 2.43. The fraction of sp³-hybridized carbons (Fsp3) is 0.318. The van der Waals surface area contributed by atoms with Crippen LogP contribution in [-0.2, 0) is 21.5 Å². The molecule has 0 heterocycles. The van der Waals surface area contributed by atoms with Gasteiger partial charge >= 0.3 is 5.97 Å². The van der Waals surface area contributed by atoms with E-state index >= 15 is 0 Å². The van der Waals surface area contributed by atoms with E-state index in [4.69, 9.17) is 11.2 Å². The van der Waals surface area contributed by atoms with E-state index in [1.165, 1.54) is 12.1 Å². The Morgan fingerprint density at radius 3 is 2.25 bits per heavy atom. The lowest BCUT2D eigenvalue weighted by Gasteiger charge is -2.35. The molecular formula is C22H24N2O4. The number of nitrogens with one attached hydrogen (secondary N) is 1. The van der Waals surface area contributed by atoms with Crippen LogP contribution >= 0.6 is 0 Å². The van der Waals surface area contributed by atoms with E-state index in [0.717, 1.165) is 5.56 Å². The predicted octanol–water partition coefficient (Wildman–Crippen LogP) is 3.60. The molecule has 6 heteroatoms. The number of carbonyl (C=O) groups is 1. The second-order valence-corrected chi connectivity index (χ2v) is 7.43. The summed E-state index contributed by atoms with van der Waals surface area (Å²) < 4.78 is 5.70. The third-order valence-corrected chi connectivity index (χ3v) is 4.12. The molecule has 0 unspecified atom stereocenters. The van der Waals surface area contributed by atoms with Gasteiger partial charge in [0, 0.05) is 18.6 Å². The number of nitro groups is 1. The molecule has 2 rings (SSSR count). The van der Waals surface area contributed by atoms with E-state index in [2.05, 4.69) is 11.2 Å². The van der Waals surface area contributed by atoms with Crippen molar-refractivity contribution in [2.45, 2.75) is 38.3 Å². The number of terminal acetylenes is 1. The Labute approximate surface area is 165 Å². The second-order valence-electron chi connectivity index (χ2n) is 7.43. The predicted molar refractivity (Wildman–Crippen MR) is 108 cm³/mol. The van der Waals surface area contributed by atoms with E-state index in [1.54, 1.807) is 32.9 Å². The molecule has 0 saturated carbocycles. The van der Waals surface area contributed by atoms with Crippen LogP contribution in [-0.4, -0.2) is 23.0 Å². The first-order chi connectivity index (χ1) is 13.2. The summed E-state index contributed by atoms with van der Waals surface area (Å²) >= 11 is 0. The summed E-state index contributed by atoms with van der Waals surface area (Å²) in [5.41, 5.74) is -0.602. The van der Waals surface area contributed by atoms with E-state index in [0.29, 0.717) is 5.56 Å². The van der Waals surface area contributed by atoms with Crippen molar-refractivity contribution >= 4 is 11.7 Å². The maximum absolute atomic E-state index is 13.3. The van der Waals surface area contributed by atoms with Crippen LogP contribution in [0.15, 0.2) is 54.6 Å². The lowest BCUT2D eigenvalue weighted by Crippen LogP contribution is -2.53. The number of non-ortho nitro benzene ring substituents is 1. The van der Waals surface area contributed by atoms with Gasteiger partial charge in [0.2, 0.25) is 0 Å². The standard InChI is InChI=1S/C22H24N2O4/c1-5-15-23-22(20(25)28-21(2,3)4,16-17-9-7-6-8-10-17)18-11-13-19(14-12-18)24(26)27/h1,6-14,23H,15-16H2,2-4H3/t22-/m1/s1. The topological polar surface area (TPSA) is 81.5 Å². The molecule has 6 nitrogen and oxygen atoms in total. The molecule has 0 radical (unpaired) electrons. The molecular weight excluding hydrogens is 356 g/mol. The first-order valence-corrected chi connectivity index (χ1v) is 8.89. The maximum atomic E-state index is 13.3. The van der Waals surface area contributed by atoms with E-state index < -0.39 is 22.0 Å². The van der Waals surface area contributed by atoms with E-state index in [9.17, 15) is 14.9 Å². The minimum Gasteiger partial charge on any atom is -0.458 e. The van der Waals surface area contributed by atoms with Gasteiger partial charge in [0.1, 0.15) is 11.1 Å². The highest BCUT2D eigenvalue weighted by molar-refractivity contribution is 5.83. The molecule has 0 saturated heterocycles. The number of benzene rings is 2. The lowest BCUT2D eigenvalue weighted by molar-refractivity contribution is -0.384. The highest BCUT2D eigenvalue weighted by Crippen LogP contribution is 2.31. The Hall–Kier alpha value is -3.17. The van der Waals surface area contributed by atoms with Crippen molar-refractivity contribution in [3.8, 4) is 12.3 Å². The molecule has 0 aliphatic carbocycles. The van der Waals surface area contributed by atoms with Gasteiger partial charge < -0.3 is 4.74 Å². The van der Waals surface area contributed by atoms with Crippen LogP contribution in [0.25, 0.3) is 0 Å². The largest absolute Gasteiger partial charge is 0.458 e. The lowest BCUT2D eigenvalue weighted by atomic mass is 9.83. The molecule has 0 amide bonds. The van der Waals surface area contributed by atoms with Crippen LogP contribution in [0.4, 0.5) is 5.69 Å². The van der Waals surface area contributed by atoms with Gasteiger partial charge in [0.05, 0.1) is 11.5 Å². The van der Waals surface area contributed by atoms with Crippen molar-refractivity contribution in [2.75, 3.05) is 6.54 Å². The normalized spacial score (nSPS) is 13.2. The summed E-state index contributed by atoms with van der Waals surface area (Å²) in [5, 5.41) is 14.2. The average Bonchev–Trinajstić information content (AvgIpc) is 2.64. The maximum Gasteiger partial charge on any atom is 0.331 e. The summed E-state index contributed by atoms with van der Waals surface area (Å²) in [4.78, 5) is 23.9. The molecule has 2 aromatic rings. The Kier molecular flexibility index (Phi) is 6.55. The summed E-state index contributed by atoms with van der Waals surface area (Å²) in [7, 11) is 0. The third-order valence-electron chi connectivity index (χ3n) is 4.12. The van der Waals surface area contributed by atoms with Gasteiger partial charge in [-0.05, 0) is 44.0 Å². The van der Waals surface area contributed by atoms with Crippen molar-refractivity contribution in [3.05, 3.63) is 75.8 Å². The summed E-state index contributed by atoms with van der Waals surface area (Å²) in [5.74, 6) is 2.01. The monoisotopic (exact) mass is 380 g/mol. The smallest absolute Gasteiger partial charge is 0.331 e. The Morgan fingerprint density at radius 2 is 1.75 bits per heavy atom. The number of carbonyl (C=O) groups excluding carboxylic acids is 1. The quantitative estimate of drug-likeness (QED) is 0.344. The summed E-state index contributed by atoms with van der Waals surface area (Å²) in [6, 6.07) is 15.3. The molecule has 0 aromatic heterocycles. The van der Waals surface area contributed by atoms with Crippen LogP contribution in [0.5, 0.6) is 0 Å². The summed E-state index contributed by atoms with van der Waals surface area (Å²) in [6.45, 7) is 5.49. The number of nitro benzene ring substituents is 1. The van der Waals surface area contributed by atoms with Crippen molar-refractivity contribution in [3.63, 3.8) is 0 Å². The first-order valence-electron chi connectivity index (χ1n) is 8.89. The third kappa shape index (κ3) is 5.18. The van der Waals surface area contributed by atoms with Crippen LogP contribution in [0.2, 0.25) is 0 Å². The molecule has 0 aliphatic rings. The van der Waals surface area contributed by atoms with Crippen LogP contribution in [0.1, 0.15) is 31.9 Å². The Morgan fingerprint density at radius 1 is 1.14 bits per heavy atom. The van der Waals surface area contributed by atoms with Crippen molar-refractivity contribution in [2.24, 2.45) is 0 Å². The van der Waals surface area contributed by atoms with Crippen LogP contribution in [0, 0.1) is 22.5 Å². The van der Waals surface area contributed by atoms with Crippen molar-refractivity contribution < 1.29 is 14.5 Å². The van der Waals surface area contributed by atoms with E-state index in [-0.39, 0.29) is 18.7 Å². The Balaban J connectivity index is 2.59. The number of esters is 1. The van der Waals surface area contributed by atoms with Gasteiger partial charge in [-0.2, -0.15) is 0 Å². The van der Waals surface area contributed by atoms with Gasteiger partial charge in [-0.3, -0.25) is 15.4 Å². The first kappa shape index (κ1) is 21.1. The second kappa shape index (κ2) is 8.68. The average molecular weight is 380 g/mol. The number of rotatable bonds is 7. The van der Waals surface area contributed by atoms with Gasteiger partial charge in [-0.15, -0.1) is 6.42 Å². The number of ether oxygens (including phenoxy) is 1.